The third-order valence-corrected chi connectivity index (χ3v) is 17.8. The molecule has 3 aromatic rings. The number of hydrogen-bond donors (Lipinski definition) is 3. The molecule has 0 saturated carbocycles. The normalized spacial score (nSPS) is 20.6. The first-order chi connectivity index (χ1) is 47.5. The molecule has 6 fully saturated rings. The van der Waals surface area contributed by atoms with Gasteiger partial charge >= 0.3 is 67.1 Å². The molecule has 6 heterocycles. The molecule has 6 saturated heterocycles. The van der Waals surface area contributed by atoms with Gasteiger partial charge in [0.05, 0.1) is 43.4 Å². The van der Waals surface area contributed by atoms with Gasteiger partial charge < -0.3 is 68.4 Å². The number of ether oxygens (including phenoxy) is 5. The second-order valence-electron chi connectivity index (χ2n) is 25.3. The van der Waals surface area contributed by atoms with Gasteiger partial charge in [0.1, 0.15) is 0 Å². The van der Waals surface area contributed by atoms with Crippen molar-refractivity contribution in [1.29, 1.82) is 0 Å². The number of anilines is 3. The van der Waals surface area contributed by atoms with Gasteiger partial charge in [-0.25, -0.2) is 24.0 Å². The average molecular weight is 1480 g/mol. The van der Waals surface area contributed by atoms with Gasteiger partial charge in [0.25, 0.3) is 0 Å². The van der Waals surface area contributed by atoms with Crippen molar-refractivity contribution in [2.45, 2.75) is 122 Å². The lowest BCUT2D eigenvalue weighted by Gasteiger charge is -2.38. The number of aryl methyl sites for hydroxylation is 1. The minimum Gasteiger partial charge on any atom is -0.481 e. The molecule has 6 aliphatic rings. The van der Waals surface area contributed by atoms with Crippen LogP contribution in [-0.2, 0) is 70.1 Å². The first kappa shape index (κ1) is 81.3. The minimum absolute atomic E-state index is 0.0492. The van der Waals surface area contributed by atoms with E-state index in [1.165, 1.54) is 9.80 Å². The second-order valence-corrected chi connectivity index (χ2v) is 25.3. The summed E-state index contributed by atoms with van der Waals surface area (Å²) in [5.41, 5.74) is 2.40. The fraction of sp³-hybridized carbons (Fsp3) is 0.625. The van der Waals surface area contributed by atoms with Crippen molar-refractivity contribution >= 4 is 53.2 Å². The number of carbonyl (C=O) groups excluding carboxylic acids is 3. The van der Waals surface area contributed by atoms with E-state index >= 15 is 0 Å². The van der Waals surface area contributed by atoms with Crippen molar-refractivity contribution in [2.24, 2.45) is 5.92 Å². The van der Waals surface area contributed by atoms with Crippen LogP contribution in [0.2, 0.25) is 0 Å². The van der Waals surface area contributed by atoms with Crippen molar-refractivity contribution < 1.29 is 134 Å². The summed E-state index contributed by atoms with van der Waals surface area (Å²) >= 11 is 0. The van der Waals surface area contributed by atoms with E-state index < -0.39 is 115 Å². The van der Waals surface area contributed by atoms with Crippen LogP contribution < -0.4 is 14.7 Å². The standard InChI is InChI=1S/C22H27F6N3O4.C21H25F6N3O5.C21H28F3N3O5/c1-14(21(23,24)25)35-20(34)31-8-6-29(7-9-31)13-15-10-17(22(26,27)28)12-18(11-15)30-4-2-16(3-5-30)19(32)33;1-13(20(22,23)24)35-19(33)29-4-2-28(3-5-29)11-14-8-15(21(25,26)27)10-16(9-14)30-6-7-34-17(12-30)18(31)32;1-14-3-4-16(17(11-14)27-9-10-31-13-18(27)19(28)29)12-25-5-7-26(8-6-25)20(30)32-15(2)21(22,23)24/h10-12,14,16H,2-9,13H2,1H3,(H,32,33);8-10,13,17H,2-7,11-12H2,1H3,(H,31,32);3-4,11,15,18H,5-10,12-13H2,1-2H3,(H,28,29). The lowest BCUT2D eigenvalue weighted by atomic mass is 9.96. The van der Waals surface area contributed by atoms with Crippen LogP contribution in [0.25, 0.3) is 0 Å². The Morgan fingerprint density at radius 2 is 0.892 bits per heavy atom. The molecule has 6 aliphatic heterocycles. The van der Waals surface area contributed by atoms with Gasteiger partial charge in [-0.3, -0.25) is 19.5 Å². The lowest BCUT2D eigenvalue weighted by molar-refractivity contribution is -0.200. The lowest BCUT2D eigenvalue weighted by Crippen LogP contribution is -2.51. The SMILES string of the molecule is CC(OC(=O)N1CCN(Cc2cc(N3CCC(C(=O)O)CC3)cc(C(F)(F)F)c2)CC1)C(F)(F)F.CC(OC(=O)N1CCN(Cc2cc(N3CCOC(C(=O)O)C3)cc(C(F)(F)F)c2)CC1)C(F)(F)F.Cc1ccc(CN2CCN(C(=O)OC(C)C(F)(F)F)CC2)c(N2CCOCC2C(=O)O)c1. The summed E-state index contributed by atoms with van der Waals surface area (Å²) in [4.78, 5) is 84.4. The van der Waals surface area contributed by atoms with Gasteiger partial charge in [0.2, 0.25) is 0 Å². The van der Waals surface area contributed by atoms with Crippen LogP contribution >= 0.6 is 0 Å². The number of morpholine rings is 2. The van der Waals surface area contributed by atoms with E-state index in [4.69, 9.17) is 14.6 Å². The number of alkyl halides is 15. The Labute approximate surface area is 576 Å². The van der Waals surface area contributed by atoms with Gasteiger partial charge in [-0.1, -0.05) is 12.1 Å². The van der Waals surface area contributed by atoms with Crippen LogP contribution in [0.1, 0.15) is 67.0 Å². The number of rotatable bonds is 15. The molecule has 9 rings (SSSR count). The number of carboxylic acid groups (broad SMARTS) is 3. The molecule has 5 unspecified atom stereocenters. The number of carboxylic acids is 3. The Hall–Kier alpha value is -7.97. The molecular formula is C64H80F15N9O14. The molecule has 570 valence electrons. The summed E-state index contributed by atoms with van der Waals surface area (Å²) in [6.07, 6.45) is -33.4. The fourth-order valence-corrected chi connectivity index (χ4v) is 11.7. The predicted molar refractivity (Wildman–Crippen MR) is 332 cm³/mol. The molecule has 102 heavy (non-hydrogen) atoms. The first-order valence-electron chi connectivity index (χ1n) is 32.4. The molecule has 0 radical (unpaired) electrons. The molecule has 38 heteroatoms. The molecular weight excluding hydrogens is 1400 g/mol. The van der Waals surface area contributed by atoms with Crippen molar-refractivity contribution in [3.63, 3.8) is 0 Å². The number of piperidine rings is 1. The largest absolute Gasteiger partial charge is 0.481 e. The second kappa shape index (κ2) is 34.5. The number of nitrogens with zero attached hydrogens (tertiary/aromatic N) is 9. The van der Waals surface area contributed by atoms with E-state index in [2.05, 4.69) is 19.1 Å². The Kier molecular flexibility index (Phi) is 27.5. The maximum absolute atomic E-state index is 13.5. The summed E-state index contributed by atoms with van der Waals surface area (Å²) in [5.74, 6) is -3.58. The number of benzene rings is 3. The summed E-state index contributed by atoms with van der Waals surface area (Å²) in [7, 11) is 0. The number of aliphatic carboxylic acids is 3. The zero-order valence-electron chi connectivity index (χ0n) is 55.9. The number of hydrogen-bond acceptors (Lipinski definition) is 17. The van der Waals surface area contributed by atoms with Crippen LogP contribution in [0.5, 0.6) is 0 Å². The van der Waals surface area contributed by atoms with Crippen LogP contribution in [-0.4, -0.2) is 261 Å². The number of carbonyl (C=O) groups is 6. The van der Waals surface area contributed by atoms with Gasteiger partial charge in [0.15, 0.2) is 30.5 Å². The first-order valence-corrected chi connectivity index (χ1v) is 32.4. The van der Waals surface area contributed by atoms with Crippen LogP contribution in [0.15, 0.2) is 54.6 Å². The van der Waals surface area contributed by atoms with Gasteiger partial charge in [-0.05, 0) is 105 Å². The number of halogens is 15. The predicted octanol–water partition coefficient (Wildman–Crippen LogP) is 9.90. The molecule has 23 nitrogen and oxygen atoms in total. The summed E-state index contributed by atoms with van der Waals surface area (Å²) < 4.78 is 219. The van der Waals surface area contributed by atoms with E-state index in [1.807, 2.05) is 34.9 Å². The Balaban J connectivity index is 0.000000215. The van der Waals surface area contributed by atoms with Crippen molar-refractivity contribution in [1.82, 2.24) is 29.4 Å². The smallest absolute Gasteiger partial charge is 0.425 e. The van der Waals surface area contributed by atoms with Gasteiger partial charge in [0, 0.05) is 141 Å². The summed E-state index contributed by atoms with van der Waals surface area (Å²) in [6, 6.07) is 12.4. The molecule has 3 amide bonds. The highest BCUT2D eigenvalue weighted by Crippen LogP contribution is 2.38. The molecule has 0 aliphatic carbocycles. The Bertz CT molecular complexity index is 3340. The maximum atomic E-state index is 13.5. The van der Waals surface area contributed by atoms with E-state index in [0.29, 0.717) is 75.5 Å². The van der Waals surface area contributed by atoms with Crippen LogP contribution in [0, 0.1) is 12.8 Å². The number of amides is 3. The molecule has 5 atom stereocenters. The monoisotopic (exact) mass is 1480 g/mol. The minimum atomic E-state index is -4.68. The topological polar surface area (TPSA) is 238 Å². The Morgan fingerprint density at radius 1 is 0.480 bits per heavy atom. The quantitative estimate of drug-likeness (QED) is 0.0947. The van der Waals surface area contributed by atoms with Crippen molar-refractivity contribution in [2.75, 3.05) is 146 Å². The maximum Gasteiger partial charge on any atom is 0.425 e. The third-order valence-electron chi connectivity index (χ3n) is 17.8. The Morgan fingerprint density at radius 3 is 1.27 bits per heavy atom. The highest BCUT2D eigenvalue weighted by molar-refractivity contribution is 5.79. The third kappa shape index (κ3) is 23.5. The van der Waals surface area contributed by atoms with Crippen molar-refractivity contribution in [3.05, 3.63) is 88.0 Å². The zero-order valence-corrected chi connectivity index (χ0v) is 55.9. The van der Waals surface area contributed by atoms with Crippen molar-refractivity contribution in [3.8, 4) is 0 Å². The molecule has 3 aromatic carbocycles. The molecule has 0 spiro atoms. The highest BCUT2D eigenvalue weighted by atomic mass is 19.4. The van der Waals surface area contributed by atoms with E-state index in [1.54, 1.807) is 21.9 Å². The highest BCUT2D eigenvalue weighted by Gasteiger charge is 2.44. The zero-order chi connectivity index (χ0) is 75.4. The van der Waals surface area contributed by atoms with E-state index in [9.17, 15) is 105 Å². The van der Waals surface area contributed by atoms with E-state index in [0.717, 1.165) is 71.7 Å². The van der Waals surface area contributed by atoms with Gasteiger partial charge in [-0.15, -0.1) is 0 Å². The molecule has 0 bridgehead atoms. The van der Waals surface area contributed by atoms with Gasteiger partial charge in [-0.2, -0.15) is 65.9 Å². The molecule has 3 N–H and O–H groups in total. The average Bonchev–Trinajstić information content (AvgIpc) is 0.811. The van der Waals surface area contributed by atoms with Crippen LogP contribution in [0.4, 0.5) is 97.3 Å². The summed E-state index contributed by atoms with van der Waals surface area (Å²) in [6.45, 7) is 9.50. The number of piperazine rings is 3. The fourth-order valence-electron chi connectivity index (χ4n) is 11.7. The summed E-state index contributed by atoms with van der Waals surface area (Å²) in [5, 5.41) is 27.9. The molecule has 0 aromatic heterocycles. The van der Waals surface area contributed by atoms with E-state index in [-0.39, 0.29) is 111 Å². The van der Waals surface area contributed by atoms with Crippen LogP contribution in [0.3, 0.4) is 0 Å².